The molecule has 2 heterocycles. The Morgan fingerprint density at radius 2 is 2.10 bits per heavy atom. The fourth-order valence-corrected chi connectivity index (χ4v) is 2.50. The summed E-state index contributed by atoms with van der Waals surface area (Å²) in [5.74, 6) is 1.04. The lowest BCUT2D eigenvalue weighted by molar-refractivity contribution is 0.540. The summed E-state index contributed by atoms with van der Waals surface area (Å²) in [4.78, 5) is 9.10. The Balaban J connectivity index is 1.78. The van der Waals surface area contributed by atoms with E-state index in [0.717, 1.165) is 23.6 Å². The number of nitrogens with zero attached hydrogens (tertiary/aromatic N) is 3. The molecule has 1 aromatic carbocycles. The number of benzene rings is 1. The first-order valence-electron chi connectivity index (χ1n) is 7.21. The van der Waals surface area contributed by atoms with Crippen LogP contribution in [0.2, 0.25) is 0 Å². The molecule has 3 rings (SSSR count). The van der Waals surface area contributed by atoms with E-state index < -0.39 is 0 Å². The van der Waals surface area contributed by atoms with Crippen molar-refractivity contribution in [2.75, 3.05) is 0 Å². The number of rotatable bonds is 4. The van der Waals surface area contributed by atoms with Gasteiger partial charge in [0, 0.05) is 19.3 Å². The van der Waals surface area contributed by atoms with Gasteiger partial charge in [0.05, 0.1) is 23.3 Å². The smallest absolute Gasteiger partial charge is 0.123 e. The quantitative estimate of drug-likeness (QED) is 0.798. The zero-order valence-electron chi connectivity index (χ0n) is 12.7. The Bertz CT molecular complexity index is 746. The third-order valence-corrected chi connectivity index (χ3v) is 3.83. The van der Waals surface area contributed by atoms with Gasteiger partial charge in [0.15, 0.2) is 0 Å². The Morgan fingerprint density at radius 3 is 2.86 bits per heavy atom. The summed E-state index contributed by atoms with van der Waals surface area (Å²) < 4.78 is 2.15. The van der Waals surface area contributed by atoms with Crippen molar-refractivity contribution in [2.45, 2.75) is 26.4 Å². The standard InChI is InChI=1S/C17H20N4/c1-12-7-8-16-15(10-12)20-17(21(16)3)11-19-13(2)14-6-4-5-9-18-14/h4-10,13,19H,11H2,1-3H3/t13-/m0/s1. The minimum atomic E-state index is 0.202. The molecule has 0 saturated carbocycles. The van der Waals surface area contributed by atoms with Crippen LogP contribution in [-0.2, 0) is 13.6 Å². The first-order valence-corrected chi connectivity index (χ1v) is 7.21. The van der Waals surface area contributed by atoms with Crippen molar-refractivity contribution in [3.8, 4) is 0 Å². The summed E-state index contributed by atoms with van der Waals surface area (Å²) in [6, 6.07) is 12.6. The van der Waals surface area contributed by atoms with Gasteiger partial charge in [-0.2, -0.15) is 0 Å². The van der Waals surface area contributed by atoms with Crippen LogP contribution >= 0.6 is 0 Å². The number of aryl methyl sites for hydroxylation is 2. The van der Waals surface area contributed by atoms with Crippen LogP contribution in [0.25, 0.3) is 11.0 Å². The van der Waals surface area contributed by atoms with Crippen molar-refractivity contribution in [3.05, 3.63) is 59.7 Å². The molecule has 2 aromatic heterocycles. The van der Waals surface area contributed by atoms with Crippen LogP contribution in [0, 0.1) is 6.92 Å². The number of imidazole rings is 1. The molecule has 0 radical (unpaired) electrons. The van der Waals surface area contributed by atoms with Gasteiger partial charge in [0.1, 0.15) is 5.82 Å². The molecular formula is C17H20N4. The van der Waals surface area contributed by atoms with Crippen molar-refractivity contribution >= 4 is 11.0 Å². The fourth-order valence-electron chi connectivity index (χ4n) is 2.50. The highest BCUT2D eigenvalue weighted by molar-refractivity contribution is 5.76. The molecule has 0 aliphatic rings. The first-order chi connectivity index (χ1) is 10.1. The van der Waals surface area contributed by atoms with Gasteiger partial charge in [-0.1, -0.05) is 12.1 Å². The van der Waals surface area contributed by atoms with Crippen LogP contribution < -0.4 is 5.32 Å². The van der Waals surface area contributed by atoms with Crippen molar-refractivity contribution in [2.24, 2.45) is 7.05 Å². The van der Waals surface area contributed by atoms with E-state index in [1.165, 1.54) is 11.1 Å². The van der Waals surface area contributed by atoms with E-state index in [9.17, 15) is 0 Å². The van der Waals surface area contributed by atoms with Crippen LogP contribution in [0.1, 0.15) is 30.0 Å². The summed E-state index contributed by atoms with van der Waals surface area (Å²) in [6.45, 7) is 4.94. The van der Waals surface area contributed by atoms with Crippen LogP contribution in [0.15, 0.2) is 42.6 Å². The van der Waals surface area contributed by atoms with Gasteiger partial charge in [0.2, 0.25) is 0 Å². The van der Waals surface area contributed by atoms with Crippen LogP contribution in [0.3, 0.4) is 0 Å². The number of hydrogen-bond acceptors (Lipinski definition) is 3. The molecule has 0 unspecified atom stereocenters. The van der Waals surface area contributed by atoms with Crippen LogP contribution in [-0.4, -0.2) is 14.5 Å². The molecule has 21 heavy (non-hydrogen) atoms. The number of aromatic nitrogens is 3. The van der Waals surface area contributed by atoms with Gasteiger partial charge >= 0.3 is 0 Å². The molecule has 0 aliphatic carbocycles. The minimum Gasteiger partial charge on any atom is -0.330 e. The molecule has 0 saturated heterocycles. The maximum absolute atomic E-state index is 4.72. The van der Waals surface area contributed by atoms with E-state index in [-0.39, 0.29) is 6.04 Å². The summed E-state index contributed by atoms with van der Waals surface area (Å²) in [5, 5.41) is 3.49. The van der Waals surface area contributed by atoms with Gasteiger partial charge in [-0.25, -0.2) is 4.98 Å². The molecule has 0 bridgehead atoms. The van der Waals surface area contributed by atoms with Gasteiger partial charge in [0.25, 0.3) is 0 Å². The predicted octanol–water partition coefficient (Wildman–Crippen LogP) is 3.13. The number of nitrogens with one attached hydrogen (secondary N) is 1. The topological polar surface area (TPSA) is 42.7 Å². The normalized spacial score (nSPS) is 12.7. The molecule has 108 valence electrons. The van der Waals surface area contributed by atoms with Crippen LogP contribution in [0.4, 0.5) is 0 Å². The molecule has 4 heteroatoms. The Morgan fingerprint density at radius 1 is 1.24 bits per heavy atom. The Hall–Kier alpha value is -2.20. The fraction of sp³-hybridized carbons (Fsp3) is 0.294. The summed E-state index contributed by atoms with van der Waals surface area (Å²) in [6.07, 6.45) is 1.82. The highest BCUT2D eigenvalue weighted by Gasteiger charge is 2.10. The van der Waals surface area contributed by atoms with Gasteiger partial charge in [-0.15, -0.1) is 0 Å². The average molecular weight is 280 g/mol. The summed E-state index contributed by atoms with van der Waals surface area (Å²) in [5.41, 5.74) is 4.51. The molecule has 0 spiro atoms. The van der Waals surface area contributed by atoms with Crippen molar-refractivity contribution in [1.29, 1.82) is 0 Å². The maximum Gasteiger partial charge on any atom is 0.123 e. The maximum atomic E-state index is 4.72. The predicted molar refractivity (Wildman–Crippen MR) is 84.9 cm³/mol. The van der Waals surface area contributed by atoms with Gasteiger partial charge in [-0.05, 0) is 43.7 Å². The molecule has 1 N–H and O–H groups in total. The Kier molecular flexibility index (Phi) is 3.71. The van der Waals surface area contributed by atoms with Crippen molar-refractivity contribution in [3.63, 3.8) is 0 Å². The van der Waals surface area contributed by atoms with E-state index in [1.807, 2.05) is 24.4 Å². The summed E-state index contributed by atoms with van der Waals surface area (Å²) >= 11 is 0. The van der Waals surface area contributed by atoms with Crippen molar-refractivity contribution in [1.82, 2.24) is 19.9 Å². The minimum absolute atomic E-state index is 0.202. The second-order valence-electron chi connectivity index (χ2n) is 5.44. The average Bonchev–Trinajstić information content (AvgIpc) is 2.81. The number of pyridine rings is 1. The zero-order chi connectivity index (χ0) is 14.8. The van der Waals surface area contributed by atoms with E-state index in [4.69, 9.17) is 4.98 Å². The Labute approximate surface area is 124 Å². The van der Waals surface area contributed by atoms with E-state index in [2.05, 4.69) is 54.0 Å². The molecule has 3 aromatic rings. The lowest BCUT2D eigenvalue weighted by Crippen LogP contribution is -2.20. The SMILES string of the molecule is Cc1ccc2c(c1)nc(CN[C@@H](C)c1ccccn1)n2C. The van der Waals surface area contributed by atoms with E-state index in [1.54, 1.807) is 0 Å². The third kappa shape index (κ3) is 2.81. The monoisotopic (exact) mass is 280 g/mol. The lowest BCUT2D eigenvalue weighted by atomic mass is 10.2. The number of hydrogen-bond donors (Lipinski definition) is 1. The second-order valence-corrected chi connectivity index (χ2v) is 5.44. The highest BCUT2D eigenvalue weighted by atomic mass is 15.1. The first kappa shape index (κ1) is 13.8. The molecule has 0 fully saturated rings. The molecule has 0 amide bonds. The zero-order valence-corrected chi connectivity index (χ0v) is 12.7. The molecule has 1 atom stereocenters. The molecular weight excluding hydrogens is 260 g/mol. The third-order valence-electron chi connectivity index (χ3n) is 3.83. The summed E-state index contributed by atoms with van der Waals surface area (Å²) in [7, 11) is 2.06. The van der Waals surface area contributed by atoms with Crippen molar-refractivity contribution < 1.29 is 0 Å². The lowest BCUT2D eigenvalue weighted by Gasteiger charge is -2.12. The molecule has 4 nitrogen and oxygen atoms in total. The number of fused-ring (bicyclic) bond motifs is 1. The van der Waals surface area contributed by atoms with Crippen LogP contribution in [0.5, 0.6) is 0 Å². The highest BCUT2D eigenvalue weighted by Crippen LogP contribution is 2.17. The largest absolute Gasteiger partial charge is 0.330 e. The van der Waals surface area contributed by atoms with E-state index in [0.29, 0.717) is 0 Å². The van der Waals surface area contributed by atoms with Gasteiger partial charge < -0.3 is 9.88 Å². The van der Waals surface area contributed by atoms with E-state index >= 15 is 0 Å². The second kappa shape index (κ2) is 5.66. The van der Waals surface area contributed by atoms with Gasteiger partial charge in [-0.3, -0.25) is 4.98 Å². The molecule has 0 aliphatic heterocycles.